The second-order valence-electron chi connectivity index (χ2n) is 29.6. The fraction of sp³-hybridized carbons (Fsp3) is 0.296. The number of pyridine rings is 4. The van der Waals surface area contributed by atoms with Crippen LogP contribution >= 0.6 is 31.2 Å². The zero-order valence-electron chi connectivity index (χ0n) is 63.6. The molecule has 4 aromatic heterocycles. The molecule has 5 aromatic carbocycles. The van der Waals surface area contributed by atoms with Crippen molar-refractivity contribution in [3.63, 3.8) is 0 Å². The molecule has 0 radical (unpaired) electrons. The second kappa shape index (κ2) is 34.6. The van der Waals surface area contributed by atoms with Crippen molar-refractivity contribution in [2.75, 3.05) is 52.0 Å². The average Bonchev–Trinajstić information content (AvgIpc) is 0.753. The van der Waals surface area contributed by atoms with Crippen molar-refractivity contribution < 1.29 is 147 Å². The fourth-order valence-corrected chi connectivity index (χ4v) is 14.3. The molecule has 0 spiro atoms. The van der Waals surface area contributed by atoms with Crippen molar-refractivity contribution in [3.8, 4) is 33.8 Å². The topological polar surface area (TPSA) is 105 Å². The van der Waals surface area contributed by atoms with E-state index < -0.39 is 31.2 Å². The molecule has 2 N–H and O–H groups in total. The van der Waals surface area contributed by atoms with Crippen LogP contribution in [-0.2, 0) is 51.6 Å². The molecule has 16 aliphatic heterocycles. The SMILES string of the molecule is F[P-](F)(F)(F)(F)F.F[P-](F)(F)(F)(F)F.F[P-](F)(F)(F)(F)F.F[P-](F)(F)(F)(F)F.Nc1ccc(C2C=CC=C(c3ccc(OCCOCCOCCOc4ccc(CCCOC(=O)C56CC7CC(CC(C7)C5)C6)cc4)cc3)C=C2)cc1.c1cc2ccc1C[n+]1ccc(cc1)-c1cc[n+](cc1)Cc1ccc(cc1)C[n+]1ccc(cc1)-c1cc[n+](cc1)C2. The number of esters is 1. The van der Waals surface area contributed by atoms with Crippen LogP contribution in [0, 0.1) is 23.2 Å². The predicted octanol–water partition coefficient (Wildman–Crippen LogP) is 27.0. The summed E-state index contributed by atoms with van der Waals surface area (Å²) in [4.78, 5) is 13.1. The summed E-state index contributed by atoms with van der Waals surface area (Å²) in [6.45, 7) is 6.85. The first kappa shape index (κ1) is 94.6. The molecule has 120 heavy (non-hydrogen) atoms. The molecule has 4 saturated carbocycles. The smallest absolute Gasteiger partial charge is 0.312 e. The van der Waals surface area contributed by atoms with E-state index in [1.54, 1.807) is 0 Å². The van der Waals surface area contributed by atoms with Crippen LogP contribution in [0.25, 0.3) is 27.8 Å². The van der Waals surface area contributed by atoms with Gasteiger partial charge in [-0.25, -0.2) is 18.3 Å². The summed E-state index contributed by atoms with van der Waals surface area (Å²) < 4.78 is 275. The van der Waals surface area contributed by atoms with Gasteiger partial charge in [-0.05, 0) is 150 Å². The van der Waals surface area contributed by atoms with Crippen molar-refractivity contribution in [3.05, 3.63) is 289 Å². The number of carbonyl (C=O) groups is 1. The van der Waals surface area contributed by atoms with Gasteiger partial charge in [-0.15, -0.1) is 0 Å². The van der Waals surface area contributed by atoms with Crippen LogP contribution in [0.2, 0.25) is 0 Å². The van der Waals surface area contributed by atoms with Gasteiger partial charge in [-0.1, -0.05) is 115 Å². The quantitative estimate of drug-likeness (QED) is 0.0228. The van der Waals surface area contributed by atoms with E-state index in [0.29, 0.717) is 46.2 Å². The van der Waals surface area contributed by atoms with Crippen molar-refractivity contribution in [1.82, 2.24) is 0 Å². The summed E-state index contributed by atoms with van der Waals surface area (Å²) in [6.07, 6.45) is 37.1. The maximum Gasteiger partial charge on any atom is 0.312 e. The number of allylic oxidation sites excluding steroid dienone is 6. The summed E-state index contributed by atoms with van der Waals surface area (Å²) in [5.41, 5.74) is 21.3. The minimum atomic E-state index is -10.7. The number of benzene rings is 5. The molecule has 1 unspecified atom stereocenters. The maximum atomic E-state index is 13.1. The molecule has 5 aliphatic carbocycles. The number of hydrogen-bond acceptors (Lipinski definition) is 7. The Labute approximate surface area is 674 Å². The molecule has 21 aliphatic rings. The van der Waals surface area contributed by atoms with E-state index in [1.165, 1.54) is 74.9 Å². The first-order chi connectivity index (χ1) is 55.0. The van der Waals surface area contributed by atoms with Crippen LogP contribution in [0.4, 0.5) is 106 Å². The number of anilines is 1. The third-order valence-electron chi connectivity index (χ3n) is 18.9. The number of halogens is 24. The van der Waals surface area contributed by atoms with Crippen molar-refractivity contribution in [2.24, 2.45) is 23.2 Å². The number of aryl methyl sites for hydroxylation is 1. The number of carbonyl (C=O) groups excluding carboxylic acids is 1. The van der Waals surface area contributed by atoms with E-state index in [9.17, 15) is 106 Å². The minimum Gasteiger partial charge on any atom is -0.491 e. The summed E-state index contributed by atoms with van der Waals surface area (Å²) in [7, 11) is -42.6. The number of nitrogen functional groups attached to an aromatic ring is 1. The Morgan fingerprint density at radius 1 is 0.367 bits per heavy atom. The Hall–Kier alpha value is -9.25. The Kier molecular flexibility index (Phi) is 27.3. The number of nitrogens with two attached hydrogens (primary N) is 1. The van der Waals surface area contributed by atoms with Gasteiger partial charge in [0, 0.05) is 82.4 Å². The van der Waals surface area contributed by atoms with E-state index >= 15 is 0 Å². The summed E-state index contributed by atoms with van der Waals surface area (Å²) in [5, 5.41) is 0. The van der Waals surface area contributed by atoms with E-state index in [4.69, 9.17) is 29.4 Å². The van der Waals surface area contributed by atoms with E-state index in [2.05, 4.69) is 232 Å². The third kappa shape index (κ3) is 40.4. The van der Waals surface area contributed by atoms with Crippen LogP contribution in [-0.4, -0.2) is 52.2 Å². The molecule has 39 heteroatoms. The van der Waals surface area contributed by atoms with Gasteiger partial charge in [-0.3, -0.25) is 4.79 Å². The average molecular weight is 1800 g/mol. The molecule has 20 heterocycles. The molecule has 9 aromatic rings. The third-order valence-corrected chi connectivity index (χ3v) is 18.9. The Bertz CT molecular complexity index is 4550. The molecule has 0 amide bonds. The number of hydrogen-bond donors (Lipinski definition) is 1. The normalized spacial score (nSPS) is 20.1. The second-order valence-corrected chi connectivity index (χ2v) is 37.3. The van der Waals surface area contributed by atoms with Gasteiger partial charge in [0.2, 0.25) is 0 Å². The molecule has 16 bridgehead atoms. The minimum absolute atomic E-state index is 0.0838. The Morgan fingerprint density at radius 2 is 0.675 bits per heavy atom. The zero-order chi connectivity index (χ0) is 88.0. The van der Waals surface area contributed by atoms with Gasteiger partial charge < -0.3 is 29.4 Å². The van der Waals surface area contributed by atoms with Gasteiger partial charge in [-0.2, -0.15) is 0 Å². The summed E-state index contributed by atoms with van der Waals surface area (Å²) >= 11 is 0. The van der Waals surface area contributed by atoms with Gasteiger partial charge in [0.25, 0.3) is 0 Å². The zero-order valence-corrected chi connectivity index (χ0v) is 67.2. The monoisotopic (exact) mass is 1800 g/mol. The molecule has 0 saturated heterocycles. The molecule has 30 rings (SSSR count). The van der Waals surface area contributed by atoms with Crippen LogP contribution in [0.5, 0.6) is 11.5 Å². The van der Waals surface area contributed by atoms with Crippen LogP contribution in [0.15, 0.2) is 250 Å². The van der Waals surface area contributed by atoms with E-state index in [0.717, 1.165) is 104 Å². The van der Waals surface area contributed by atoms with Crippen molar-refractivity contribution in [1.29, 1.82) is 0 Å². The van der Waals surface area contributed by atoms with Gasteiger partial charge in [0.05, 0.1) is 38.4 Å². The Balaban J connectivity index is 0.000000210. The first-order valence-electron chi connectivity index (χ1n) is 37.1. The molecular formula is C81H85F24N5O6P4. The van der Waals surface area contributed by atoms with Crippen LogP contribution in [0.3, 0.4) is 0 Å². The number of ether oxygens (including phenoxy) is 5. The Morgan fingerprint density at radius 3 is 1.00 bits per heavy atom. The molecular weight excluding hydrogens is 1720 g/mol. The van der Waals surface area contributed by atoms with Gasteiger partial charge in [0.1, 0.15) is 24.7 Å². The van der Waals surface area contributed by atoms with E-state index in [-0.39, 0.29) is 17.3 Å². The van der Waals surface area contributed by atoms with Gasteiger partial charge in [0.15, 0.2) is 75.8 Å². The van der Waals surface area contributed by atoms with E-state index in [1.807, 2.05) is 36.4 Å². The van der Waals surface area contributed by atoms with Crippen LogP contribution in [0.1, 0.15) is 89.8 Å². The largest absolute Gasteiger partial charge is 0.491 e. The predicted molar refractivity (Wildman–Crippen MR) is 413 cm³/mol. The molecule has 11 nitrogen and oxygen atoms in total. The van der Waals surface area contributed by atoms with Gasteiger partial charge >= 0.3 is 138 Å². The molecule has 658 valence electrons. The van der Waals surface area contributed by atoms with Crippen LogP contribution < -0.4 is 33.5 Å². The van der Waals surface area contributed by atoms with Crippen molar-refractivity contribution in [2.45, 2.75) is 83.5 Å². The standard InChI is InChI=1S/C45H53NO6.C36H32N4.4F6P/c46-41-14-10-39(11-15-41)37-4-1-5-38(9-8-37)40-12-18-43(19-13-40)51-26-24-49-22-21-48-23-25-50-42-16-6-33(7-17-42)3-2-20-52-44(47)45-30-34-27-35(31-45)29-36(28-34)32-45;1-2-30-4-3-29(1)25-37-17-9-33(10-18-37)35-13-21-39(22-14-35)27-31-5-7-32(8-6-31)28-40-23-15-36(16-24-40)34-11-19-38(26-30)20-12-34;4*1-7(2,3,4,5)6/h1,4-19,34-37H,2-3,20-32,46H2;1-24H,25-28H2;;;;/q;+4;4*-1. The fourth-order valence-electron chi connectivity index (χ4n) is 14.3. The number of nitrogens with zero attached hydrogens (tertiary/aromatic N) is 4. The number of aromatic nitrogens is 4. The maximum absolute atomic E-state index is 13.1. The van der Waals surface area contributed by atoms with Crippen molar-refractivity contribution >= 4 is 48.5 Å². The first-order valence-corrected chi connectivity index (χ1v) is 45.2. The summed E-state index contributed by atoms with van der Waals surface area (Å²) in [5.74, 6) is 4.22. The summed E-state index contributed by atoms with van der Waals surface area (Å²) in [6, 6.07) is 59.9. The molecule has 1 atom stereocenters. The molecule has 4 fully saturated rings. The number of rotatable bonds is 18.